The number of aromatic nitrogens is 2. The van der Waals surface area contributed by atoms with E-state index in [9.17, 15) is 9.50 Å². The third kappa shape index (κ3) is 4.46. The van der Waals surface area contributed by atoms with Crippen molar-refractivity contribution < 1.29 is 14.2 Å². The van der Waals surface area contributed by atoms with Crippen LogP contribution in [-0.2, 0) is 0 Å². The summed E-state index contributed by atoms with van der Waals surface area (Å²) in [6, 6.07) is 18.8. The number of nitrogens with zero attached hydrogens (tertiary/aromatic N) is 3. The molecule has 2 bridgehead atoms. The van der Waals surface area contributed by atoms with Crippen LogP contribution in [0.2, 0.25) is 0 Å². The van der Waals surface area contributed by atoms with Gasteiger partial charge in [-0.25, -0.2) is 4.39 Å². The Balaban J connectivity index is 1.23. The smallest absolute Gasteiger partial charge is 0.317 e. The number of hydrogen-bond acceptors (Lipinski definition) is 6. The highest BCUT2D eigenvalue weighted by atomic mass is 19.1. The maximum Gasteiger partial charge on any atom is 0.317 e. The average Bonchev–Trinajstić information content (AvgIpc) is 3.61. The Kier molecular flexibility index (Phi) is 6.00. The first-order valence-corrected chi connectivity index (χ1v) is 15.0. The van der Waals surface area contributed by atoms with E-state index in [2.05, 4.69) is 40.6 Å². The second-order valence-electron chi connectivity index (χ2n) is 12.5. The summed E-state index contributed by atoms with van der Waals surface area (Å²) >= 11 is 0. The number of phenolic OH excluding ortho intramolecular Hbond substituents is 1. The molecule has 0 amide bonds. The number of phenols is 1. The summed E-state index contributed by atoms with van der Waals surface area (Å²) in [7, 11) is 0. The molecule has 6 nitrogen and oxygen atoms in total. The highest BCUT2D eigenvalue weighted by Gasteiger charge is 2.49. The third-order valence-electron chi connectivity index (χ3n) is 9.85. The summed E-state index contributed by atoms with van der Waals surface area (Å²) in [6.07, 6.45) is 7.28. The minimum atomic E-state index is -0.800. The Bertz CT molecular complexity index is 1690. The first-order valence-electron chi connectivity index (χ1n) is 15.0. The molecule has 3 saturated heterocycles. The predicted octanol–water partition coefficient (Wildman–Crippen LogP) is 6.27. The van der Waals surface area contributed by atoms with Crippen molar-refractivity contribution in [2.45, 2.75) is 56.3 Å². The molecule has 2 N–H and O–H groups in total. The number of ether oxygens (including phenoxy) is 1. The Morgan fingerprint density at radius 3 is 2.98 bits per heavy atom. The van der Waals surface area contributed by atoms with Crippen LogP contribution in [0.5, 0.6) is 11.8 Å². The molecule has 3 aliphatic heterocycles. The monoisotopic (exact) mass is 550 g/mol. The van der Waals surface area contributed by atoms with Gasteiger partial charge >= 0.3 is 6.01 Å². The van der Waals surface area contributed by atoms with E-state index in [4.69, 9.17) is 14.7 Å². The number of aromatic hydroxyl groups is 1. The van der Waals surface area contributed by atoms with Gasteiger partial charge in [-0.05, 0) is 103 Å². The van der Waals surface area contributed by atoms with Crippen LogP contribution in [0.3, 0.4) is 0 Å². The molecule has 4 aromatic rings. The maximum absolute atomic E-state index is 14.4. The summed E-state index contributed by atoms with van der Waals surface area (Å²) in [5.41, 5.74) is 4.66. The second kappa shape index (κ2) is 9.78. The van der Waals surface area contributed by atoms with E-state index in [1.165, 1.54) is 12.0 Å². The van der Waals surface area contributed by atoms with Crippen LogP contribution in [0, 0.1) is 5.92 Å². The second-order valence-corrected chi connectivity index (χ2v) is 12.5. The van der Waals surface area contributed by atoms with Gasteiger partial charge in [-0.15, -0.1) is 0 Å². The van der Waals surface area contributed by atoms with Crippen molar-refractivity contribution in [1.29, 1.82) is 0 Å². The van der Waals surface area contributed by atoms with E-state index < -0.39 is 6.17 Å². The van der Waals surface area contributed by atoms with Crippen molar-refractivity contribution in [3.63, 3.8) is 0 Å². The van der Waals surface area contributed by atoms with Crippen LogP contribution >= 0.6 is 0 Å². The van der Waals surface area contributed by atoms with Gasteiger partial charge in [0.05, 0.1) is 16.7 Å². The predicted molar refractivity (Wildman–Crippen MR) is 160 cm³/mol. The summed E-state index contributed by atoms with van der Waals surface area (Å²) in [4.78, 5) is 12.2. The number of hydrogen-bond donors (Lipinski definition) is 2. The summed E-state index contributed by atoms with van der Waals surface area (Å²) in [5, 5.41) is 17.2. The van der Waals surface area contributed by atoms with Gasteiger partial charge in [0.1, 0.15) is 18.5 Å². The Morgan fingerprint density at radius 2 is 2.02 bits per heavy atom. The van der Waals surface area contributed by atoms with E-state index in [0.29, 0.717) is 37.5 Å². The molecule has 4 heterocycles. The number of nitrogens with one attached hydrogen (secondary N) is 1. The minimum Gasteiger partial charge on any atom is -0.508 e. The molecule has 1 aliphatic carbocycles. The molecule has 4 aliphatic rings. The fraction of sp³-hybridized carbons (Fsp3) is 0.412. The molecule has 2 unspecified atom stereocenters. The lowest BCUT2D eigenvalue weighted by Crippen LogP contribution is -2.43. The van der Waals surface area contributed by atoms with Gasteiger partial charge in [-0.3, -0.25) is 4.90 Å². The first kappa shape index (κ1) is 25.2. The zero-order valence-corrected chi connectivity index (χ0v) is 23.2. The highest BCUT2D eigenvalue weighted by Crippen LogP contribution is 2.41. The van der Waals surface area contributed by atoms with Crippen LogP contribution in [0.15, 0.2) is 60.7 Å². The molecule has 4 atom stereocenters. The quantitative estimate of drug-likeness (QED) is 0.305. The van der Waals surface area contributed by atoms with Crippen molar-refractivity contribution in [3.8, 4) is 22.9 Å². The fourth-order valence-electron chi connectivity index (χ4n) is 7.85. The van der Waals surface area contributed by atoms with E-state index in [-0.39, 0.29) is 11.3 Å². The van der Waals surface area contributed by atoms with Crippen molar-refractivity contribution in [2.75, 3.05) is 26.2 Å². The molecular weight excluding hydrogens is 515 g/mol. The van der Waals surface area contributed by atoms with Crippen molar-refractivity contribution in [1.82, 2.24) is 20.2 Å². The molecule has 8 rings (SSSR count). The van der Waals surface area contributed by atoms with E-state index in [1.807, 2.05) is 24.3 Å². The molecule has 3 fully saturated rings. The van der Waals surface area contributed by atoms with Crippen molar-refractivity contribution in [2.24, 2.45) is 5.92 Å². The van der Waals surface area contributed by atoms with Crippen LogP contribution in [-0.4, -0.2) is 64.0 Å². The van der Waals surface area contributed by atoms with Crippen molar-refractivity contribution in [3.05, 3.63) is 66.4 Å². The molecule has 3 aromatic carbocycles. The third-order valence-corrected chi connectivity index (χ3v) is 9.85. The number of allylic oxidation sites excluding steroid dienone is 1. The van der Waals surface area contributed by atoms with Gasteiger partial charge in [-0.1, -0.05) is 36.4 Å². The zero-order valence-electron chi connectivity index (χ0n) is 23.2. The van der Waals surface area contributed by atoms with E-state index >= 15 is 0 Å². The summed E-state index contributed by atoms with van der Waals surface area (Å²) < 4.78 is 20.8. The number of alkyl halides is 1. The largest absolute Gasteiger partial charge is 0.508 e. The topological polar surface area (TPSA) is 70.5 Å². The summed E-state index contributed by atoms with van der Waals surface area (Å²) in [5.74, 6) is 0.913. The minimum absolute atomic E-state index is 0.237. The molecule has 210 valence electrons. The molecule has 7 heteroatoms. The van der Waals surface area contributed by atoms with Gasteiger partial charge in [0.15, 0.2) is 0 Å². The SMILES string of the molecule is Oc1cc(-c2ccc3c(C4=CCC5CNC(C4)C5)nc(OC[C@@]45CCCN4C[C@H](F)C5)nc3c2)c2ccccc2c1. The highest BCUT2D eigenvalue weighted by molar-refractivity contribution is 6.00. The zero-order chi connectivity index (χ0) is 27.6. The molecule has 0 radical (unpaired) electrons. The molecular formula is C34H35FN4O2. The maximum atomic E-state index is 14.4. The lowest BCUT2D eigenvalue weighted by atomic mass is 9.95. The van der Waals surface area contributed by atoms with E-state index in [1.54, 1.807) is 6.07 Å². The number of benzene rings is 3. The Hall–Kier alpha value is -3.55. The normalized spacial score (nSPS) is 27.7. The standard InChI is InChI=1S/C34H35FN4O2/c35-25-17-34(10-3-11-39(34)19-25)20-41-33-37-31-15-23(30-16-27(40)14-22-4-1-2-5-28(22)30)8-9-29(31)32(38-33)24-7-6-21-12-26(13-24)36-18-21/h1-2,4-5,7-9,14-16,21,25-26,36,40H,3,6,10-13,17-20H2/t21?,25-,26?,34+/m1/s1. The lowest BCUT2D eigenvalue weighted by Gasteiger charge is -2.30. The van der Waals surface area contributed by atoms with Gasteiger partial charge in [0.2, 0.25) is 0 Å². The fourth-order valence-corrected chi connectivity index (χ4v) is 7.85. The number of halogens is 1. The summed E-state index contributed by atoms with van der Waals surface area (Å²) in [6.45, 7) is 2.91. The van der Waals surface area contributed by atoms with Gasteiger partial charge < -0.3 is 15.2 Å². The van der Waals surface area contributed by atoms with Crippen LogP contribution < -0.4 is 10.1 Å². The average molecular weight is 551 g/mol. The first-order chi connectivity index (χ1) is 20.0. The van der Waals surface area contributed by atoms with Crippen molar-refractivity contribution >= 4 is 27.2 Å². The van der Waals surface area contributed by atoms with E-state index in [0.717, 1.165) is 77.3 Å². The van der Waals surface area contributed by atoms with Gasteiger partial charge in [-0.2, -0.15) is 9.97 Å². The van der Waals surface area contributed by atoms with Crippen LogP contribution in [0.1, 0.15) is 44.2 Å². The van der Waals surface area contributed by atoms with Crippen LogP contribution in [0.4, 0.5) is 4.39 Å². The Morgan fingerprint density at radius 1 is 1.10 bits per heavy atom. The van der Waals surface area contributed by atoms with Gasteiger partial charge in [0, 0.05) is 24.4 Å². The molecule has 1 aromatic heterocycles. The molecule has 0 spiro atoms. The molecule has 41 heavy (non-hydrogen) atoms. The van der Waals surface area contributed by atoms with Crippen LogP contribution in [0.25, 0.3) is 38.4 Å². The lowest BCUT2D eigenvalue weighted by molar-refractivity contribution is 0.107. The Labute approximate surface area is 239 Å². The number of fused-ring (bicyclic) bond motifs is 5. The number of rotatable bonds is 5. The molecule has 0 saturated carbocycles. The van der Waals surface area contributed by atoms with Gasteiger partial charge in [0.25, 0.3) is 0 Å².